The van der Waals surface area contributed by atoms with Crippen LogP contribution < -0.4 is 7.16 Å². The average Bonchev–Trinajstić information content (AvgIpc) is 3.06. The number of benzene rings is 2. The van der Waals surface area contributed by atoms with Crippen LogP contribution in [0.4, 0.5) is 0 Å². The molecule has 0 unspecified atom stereocenters. The Bertz CT molecular complexity index is 912. The van der Waals surface area contributed by atoms with E-state index in [1.165, 1.54) is 103 Å². The average molecular weight is 728 g/mol. The molecule has 45 heavy (non-hydrogen) atoms. The third-order valence-corrected chi connectivity index (χ3v) is 18.0. The third kappa shape index (κ3) is 17.6. The standard InChI is InChI=1S/2C14H28O2.2C6H5.Sn/c2*1-2-3-4-5-6-7-8-9-10-11-12-13-14(15)16;2*1-2-4-6-5-3-1;/h2*2-13H2,1H3,(H,15,16);2*1-5H;/q;;;;+2/p-2. The summed E-state index contributed by atoms with van der Waals surface area (Å²) in [7, 11) is 0. The second kappa shape index (κ2) is 26.3. The summed E-state index contributed by atoms with van der Waals surface area (Å²) in [4.78, 5) is 26.7. The zero-order valence-corrected chi connectivity index (χ0v) is 31.7. The second-order valence-electron chi connectivity index (χ2n) is 12.9. The van der Waals surface area contributed by atoms with Gasteiger partial charge in [-0.2, -0.15) is 0 Å². The van der Waals surface area contributed by atoms with Crippen LogP contribution >= 0.6 is 0 Å². The second-order valence-corrected chi connectivity index (χ2v) is 20.8. The van der Waals surface area contributed by atoms with Crippen LogP contribution in [-0.4, -0.2) is 31.1 Å². The van der Waals surface area contributed by atoms with Crippen molar-refractivity contribution in [1.29, 1.82) is 0 Å². The zero-order valence-electron chi connectivity index (χ0n) is 28.9. The molecule has 0 bridgehead atoms. The Hall–Kier alpha value is -1.82. The minimum atomic E-state index is -4.59. The van der Waals surface area contributed by atoms with Crippen molar-refractivity contribution >= 4 is 38.3 Å². The van der Waals surface area contributed by atoms with E-state index >= 15 is 0 Å². The van der Waals surface area contributed by atoms with E-state index in [0.29, 0.717) is 12.8 Å². The Balaban J connectivity index is 1.87. The molecule has 0 aliphatic carbocycles. The van der Waals surface area contributed by atoms with Crippen LogP contribution in [0.25, 0.3) is 0 Å². The Labute approximate surface area is 281 Å². The first-order valence-corrected chi connectivity index (χ1v) is 23.9. The molecule has 2 rings (SSSR count). The van der Waals surface area contributed by atoms with Gasteiger partial charge in [0, 0.05) is 0 Å². The zero-order chi connectivity index (χ0) is 32.3. The predicted molar refractivity (Wildman–Crippen MR) is 192 cm³/mol. The number of unbranched alkanes of at least 4 members (excludes halogenated alkanes) is 20. The first-order valence-electron chi connectivity index (χ1n) is 18.7. The fourth-order valence-corrected chi connectivity index (χ4v) is 14.5. The van der Waals surface area contributed by atoms with Gasteiger partial charge >= 0.3 is 243 Å². The SMILES string of the molecule is CCCCCCCCCCCCCC(=O)[O][Sn]([O]C(=O)CCCCCCCCCCCCC)([c]1ccccc1)[c]1ccccc1. The van der Waals surface area contributed by atoms with Gasteiger partial charge in [-0.3, -0.25) is 0 Å². The molecule has 0 radical (unpaired) electrons. The van der Waals surface area contributed by atoms with Gasteiger partial charge in [0.05, 0.1) is 0 Å². The summed E-state index contributed by atoms with van der Waals surface area (Å²) in [6.45, 7) is 4.52. The molecule has 0 N–H and O–H groups in total. The first-order chi connectivity index (χ1) is 22.1. The van der Waals surface area contributed by atoms with E-state index in [2.05, 4.69) is 13.8 Å². The van der Waals surface area contributed by atoms with E-state index in [1.807, 2.05) is 60.7 Å². The van der Waals surface area contributed by atoms with E-state index in [1.54, 1.807) is 0 Å². The number of hydrogen-bond acceptors (Lipinski definition) is 4. The van der Waals surface area contributed by atoms with E-state index < -0.39 is 19.2 Å². The van der Waals surface area contributed by atoms with Crippen molar-refractivity contribution in [3.63, 3.8) is 0 Å². The molecule has 2 aromatic carbocycles. The molecule has 0 spiro atoms. The van der Waals surface area contributed by atoms with E-state index in [4.69, 9.17) is 6.15 Å². The molecule has 0 heterocycles. The monoisotopic (exact) mass is 728 g/mol. The van der Waals surface area contributed by atoms with Gasteiger partial charge in [-0.15, -0.1) is 0 Å². The number of carbonyl (C=O) groups is 2. The first kappa shape index (κ1) is 39.4. The van der Waals surface area contributed by atoms with E-state index in [0.717, 1.165) is 45.7 Å². The molecule has 0 saturated carbocycles. The fourth-order valence-electron chi connectivity index (χ4n) is 6.03. The molecule has 0 aliphatic rings. The topological polar surface area (TPSA) is 52.6 Å². The van der Waals surface area contributed by atoms with Gasteiger partial charge in [0.15, 0.2) is 0 Å². The summed E-state index contributed by atoms with van der Waals surface area (Å²) in [6.07, 6.45) is 27.9. The molecule has 0 aliphatic heterocycles. The number of hydrogen-bond donors (Lipinski definition) is 0. The van der Waals surface area contributed by atoms with Crippen molar-refractivity contribution in [3.8, 4) is 0 Å². The molecule has 5 heteroatoms. The Morgan fingerprint density at radius 3 is 0.978 bits per heavy atom. The molecule has 0 atom stereocenters. The van der Waals surface area contributed by atoms with Gasteiger partial charge < -0.3 is 0 Å². The van der Waals surface area contributed by atoms with E-state index in [9.17, 15) is 9.59 Å². The van der Waals surface area contributed by atoms with Crippen LogP contribution in [0.3, 0.4) is 0 Å². The molecular formula is C40H64O4Sn. The normalized spacial score (nSPS) is 11.4. The molecular weight excluding hydrogens is 663 g/mol. The maximum atomic E-state index is 13.3. The van der Waals surface area contributed by atoms with Crippen LogP contribution in [0.2, 0.25) is 0 Å². The van der Waals surface area contributed by atoms with Crippen molar-refractivity contribution in [2.24, 2.45) is 0 Å². The molecule has 0 saturated heterocycles. The van der Waals surface area contributed by atoms with Crippen LogP contribution in [0.1, 0.15) is 168 Å². The Kier molecular flexibility index (Phi) is 23.0. The van der Waals surface area contributed by atoms with Crippen LogP contribution in [-0.2, 0) is 15.7 Å². The molecule has 4 nitrogen and oxygen atoms in total. The van der Waals surface area contributed by atoms with Gasteiger partial charge in [-0.25, -0.2) is 0 Å². The summed E-state index contributed by atoms with van der Waals surface area (Å²) in [5.41, 5.74) is 0. The van der Waals surface area contributed by atoms with Crippen molar-refractivity contribution in [2.45, 2.75) is 168 Å². The van der Waals surface area contributed by atoms with Crippen LogP contribution in [0.5, 0.6) is 0 Å². The number of carbonyl (C=O) groups excluding carboxylic acids is 2. The van der Waals surface area contributed by atoms with Crippen molar-refractivity contribution < 1.29 is 15.7 Å². The minimum absolute atomic E-state index is 0.239. The summed E-state index contributed by atoms with van der Waals surface area (Å²) >= 11 is -4.59. The summed E-state index contributed by atoms with van der Waals surface area (Å²) in [6, 6.07) is 19.5. The molecule has 252 valence electrons. The van der Waals surface area contributed by atoms with Gasteiger partial charge in [0.25, 0.3) is 0 Å². The maximum absolute atomic E-state index is 13.3. The molecule has 0 aromatic heterocycles. The number of rotatable bonds is 28. The van der Waals surface area contributed by atoms with Crippen molar-refractivity contribution in [3.05, 3.63) is 60.7 Å². The third-order valence-electron chi connectivity index (χ3n) is 8.79. The molecule has 0 amide bonds. The summed E-state index contributed by atoms with van der Waals surface area (Å²) in [5, 5.41) is 0. The molecule has 0 fully saturated rings. The quantitative estimate of drug-likeness (QED) is 0.0647. The summed E-state index contributed by atoms with van der Waals surface area (Å²) in [5.74, 6) is -0.478. The summed E-state index contributed by atoms with van der Waals surface area (Å²) < 4.78 is 14.5. The predicted octanol–water partition coefficient (Wildman–Crippen LogP) is 10.7. The van der Waals surface area contributed by atoms with Gasteiger partial charge in [-0.1, -0.05) is 39.5 Å². The van der Waals surface area contributed by atoms with E-state index in [-0.39, 0.29) is 11.9 Å². The van der Waals surface area contributed by atoms with Gasteiger partial charge in [0.1, 0.15) is 0 Å². The van der Waals surface area contributed by atoms with Crippen LogP contribution in [0, 0.1) is 0 Å². The van der Waals surface area contributed by atoms with Gasteiger partial charge in [-0.05, 0) is 0 Å². The van der Waals surface area contributed by atoms with Crippen molar-refractivity contribution in [1.82, 2.24) is 0 Å². The Morgan fingerprint density at radius 2 is 0.689 bits per heavy atom. The fraction of sp³-hybridized carbons (Fsp3) is 0.650. The molecule has 2 aromatic rings. The van der Waals surface area contributed by atoms with Gasteiger partial charge in [0.2, 0.25) is 0 Å². The van der Waals surface area contributed by atoms with Crippen molar-refractivity contribution in [2.75, 3.05) is 0 Å². The Morgan fingerprint density at radius 1 is 0.422 bits per heavy atom. The van der Waals surface area contributed by atoms with Crippen LogP contribution in [0.15, 0.2) is 60.7 Å².